The van der Waals surface area contributed by atoms with Gasteiger partial charge < -0.3 is 5.32 Å². The molecule has 1 heterocycles. The molecule has 1 saturated carbocycles. The minimum atomic E-state index is 0.406. The van der Waals surface area contributed by atoms with Gasteiger partial charge in [0.1, 0.15) is 0 Å². The molecule has 2 atom stereocenters. The van der Waals surface area contributed by atoms with Crippen LogP contribution in [0.15, 0.2) is 0 Å². The molecule has 2 fully saturated rings. The molecule has 0 spiro atoms. The van der Waals surface area contributed by atoms with Crippen LogP contribution in [0.5, 0.6) is 0 Å². The number of nitrogens with zero attached hydrogens (tertiary/aromatic N) is 1. The second-order valence-electron chi connectivity index (χ2n) is 6.42. The van der Waals surface area contributed by atoms with E-state index in [-0.39, 0.29) is 0 Å². The third kappa shape index (κ3) is 2.60. The van der Waals surface area contributed by atoms with Gasteiger partial charge in [0.05, 0.1) is 0 Å². The summed E-state index contributed by atoms with van der Waals surface area (Å²) in [5.74, 6) is 1.76. The Bertz CT molecular complexity index is 235. The molecule has 0 radical (unpaired) electrons. The summed E-state index contributed by atoms with van der Waals surface area (Å²) in [4.78, 5) is 2.70. The van der Waals surface area contributed by atoms with Crippen LogP contribution in [0.25, 0.3) is 0 Å². The molecular weight excluding hydrogens is 196 g/mol. The molecule has 1 aliphatic heterocycles. The van der Waals surface area contributed by atoms with E-state index in [2.05, 4.69) is 37.9 Å². The number of nitrogens with one attached hydrogen (secondary N) is 1. The highest BCUT2D eigenvalue weighted by atomic mass is 15.3. The highest BCUT2D eigenvalue weighted by molar-refractivity contribution is 5.03. The van der Waals surface area contributed by atoms with Gasteiger partial charge in [-0.05, 0) is 44.6 Å². The molecule has 0 aromatic heterocycles. The maximum atomic E-state index is 3.84. The van der Waals surface area contributed by atoms with Crippen LogP contribution < -0.4 is 5.32 Å². The maximum Gasteiger partial charge on any atom is 0.0309 e. The predicted molar refractivity (Wildman–Crippen MR) is 69.6 cm³/mol. The molecule has 0 bridgehead atoms. The summed E-state index contributed by atoms with van der Waals surface area (Å²) in [6.07, 6.45) is 4.22. The number of rotatable bonds is 4. The van der Waals surface area contributed by atoms with Crippen LogP contribution in [0.2, 0.25) is 0 Å². The maximum absolute atomic E-state index is 3.84. The van der Waals surface area contributed by atoms with Gasteiger partial charge in [-0.3, -0.25) is 4.90 Å². The SMILES string of the molecule is CCN1CC(C)(C2CC2)NCC1CC(C)C. The van der Waals surface area contributed by atoms with Gasteiger partial charge in [0.15, 0.2) is 0 Å². The molecule has 1 N–H and O–H groups in total. The summed E-state index contributed by atoms with van der Waals surface area (Å²) in [5.41, 5.74) is 0.406. The van der Waals surface area contributed by atoms with Gasteiger partial charge in [-0.1, -0.05) is 20.8 Å². The summed E-state index contributed by atoms with van der Waals surface area (Å²) >= 11 is 0. The Hall–Kier alpha value is -0.0800. The Labute approximate surface area is 101 Å². The minimum Gasteiger partial charge on any atom is -0.308 e. The van der Waals surface area contributed by atoms with E-state index in [4.69, 9.17) is 0 Å². The van der Waals surface area contributed by atoms with Gasteiger partial charge in [-0.2, -0.15) is 0 Å². The fourth-order valence-corrected chi connectivity index (χ4v) is 3.23. The zero-order valence-electron chi connectivity index (χ0n) is 11.4. The first-order valence-electron chi connectivity index (χ1n) is 7.04. The van der Waals surface area contributed by atoms with Crippen molar-refractivity contribution in [2.75, 3.05) is 19.6 Å². The van der Waals surface area contributed by atoms with Crippen molar-refractivity contribution in [3.8, 4) is 0 Å². The van der Waals surface area contributed by atoms with Gasteiger partial charge in [-0.15, -0.1) is 0 Å². The first-order chi connectivity index (χ1) is 7.55. The fourth-order valence-electron chi connectivity index (χ4n) is 3.23. The molecule has 1 aliphatic carbocycles. The second-order valence-corrected chi connectivity index (χ2v) is 6.42. The highest BCUT2D eigenvalue weighted by Gasteiger charge is 2.45. The largest absolute Gasteiger partial charge is 0.308 e. The summed E-state index contributed by atoms with van der Waals surface area (Å²) in [7, 11) is 0. The van der Waals surface area contributed by atoms with Crippen LogP contribution in [0, 0.1) is 11.8 Å². The van der Waals surface area contributed by atoms with Crippen LogP contribution >= 0.6 is 0 Å². The lowest BCUT2D eigenvalue weighted by molar-refractivity contribution is 0.0691. The molecule has 2 rings (SSSR count). The van der Waals surface area contributed by atoms with Crippen LogP contribution in [-0.4, -0.2) is 36.1 Å². The Morgan fingerprint density at radius 2 is 2.06 bits per heavy atom. The van der Waals surface area contributed by atoms with E-state index in [9.17, 15) is 0 Å². The predicted octanol–water partition coefficient (Wildman–Crippen LogP) is 2.49. The van der Waals surface area contributed by atoms with E-state index in [1.807, 2.05) is 0 Å². The first kappa shape index (κ1) is 12.4. The van der Waals surface area contributed by atoms with E-state index < -0.39 is 0 Å². The molecule has 2 heteroatoms. The molecule has 2 unspecified atom stereocenters. The van der Waals surface area contributed by atoms with Crippen molar-refractivity contribution in [1.29, 1.82) is 0 Å². The van der Waals surface area contributed by atoms with Crippen molar-refractivity contribution < 1.29 is 0 Å². The van der Waals surface area contributed by atoms with Gasteiger partial charge in [0.25, 0.3) is 0 Å². The molecule has 0 amide bonds. The summed E-state index contributed by atoms with van der Waals surface area (Å²) < 4.78 is 0. The van der Waals surface area contributed by atoms with Crippen molar-refractivity contribution in [3.05, 3.63) is 0 Å². The monoisotopic (exact) mass is 224 g/mol. The molecular formula is C14H28N2. The number of hydrogen-bond acceptors (Lipinski definition) is 2. The summed E-state index contributed by atoms with van der Waals surface area (Å²) in [6, 6.07) is 0.761. The molecule has 0 aromatic rings. The number of hydrogen-bond donors (Lipinski definition) is 1. The molecule has 2 nitrogen and oxygen atoms in total. The smallest absolute Gasteiger partial charge is 0.0309 e. The van der Waals surface area contributed by atoms with E-state index in [0.29, 0.717) is 5.54 Å². The third-order valence-corrected chi connectivity index (χ3v) is 4.42. The van der Waals surface area contributed by atoms with E-state index in [0.717, 1.165) is 17.9 Å². The van der Waals surface area contributed by atoms with Crippen molar-refractivity contribution in [2.45, 2.75) is 58.5 Å². The average molecular weight is 224 g/mol. The molecule has 94 valence electrons. The lowest BCUT2D eigenvalue weighted by Gasteiger charge is -2.47. The van der Waals surface area contributed by atoms with Gasteiger partial charge >= 0.3 is 0 Å². The van der Waals surface area contributed by atoms with Crippen LogP contribution in [0.1, 0.15) is 47.0 Å². The van der Waals surface area contributed by atoms with E-state index >= 15 is 0 Å². The lowest BCUT2D eigenvalue weighted by Crippen LogP contribution is -2.64. The van der Waals surface area contributed by atoms with Crippen LogP contribution in [0.4, 0.5) is 0 Å². The Morgan fingerprint density at radius 3 is 2.56 bits per heavy atom. The standard InChI is InChI=1S/C14H28N2/c1-5-16-10-14(4,12-6-7-12)15-9-13(16)8-11(2)3/h11-13,15H,5-10H2,1-4H3. The highest BCUT2D eigenvalue weighted by Crippen LogP contribution is 2.41. The zero-order chi connectivity index (χ0) is 11.8. The minimum absolute atomic E-state index is 0.406. The number of piperazine rings is 1. The van der Waals surface area contributed by atoms with E-state index in [1.165, 1.54) is 38.9 Å². The fraction of sp³-hybridized carbons (Fsp3) is 1.00. The van der Waals surface area contributed by atoms with Crippen molar-refractivity contribution in [3.63, 3.8) is 0 Å². The quantitative estimate of drug-likeness (QED) is 0.789. The topological polar surface area (TPSA) is 15.3 Å². The van der Waals surface area contributed by atoms with Crippen molar-refractivity contribution in [2.24, 2.45) is 11.8 Å². The Balaban J connectivity index is 1.95. The Kier molecular flexibility index (Phi) is 3.60. The lowest BCUT2D eigenvalue weighted by atomic mass is 9.89. The van der Waals surface area contributed by atoms with Gasteiger partial charge in [0, 0.05) is 24.7 Å². The summed E-state index contributed by atoms with van der Waals surface area (Å²) in [6.45, 7) is 13.1. The normalized spacial score (nSPS) is 36.9. The van der Waals surface area contributed by atoms with E-state index in [1.54, 1.807) is 0 Å². The van der Waals surface area contributed by atoms with Crippen molar-refractivity contribution in [1.82, 2.24) is 10.2 Å². The number of likely N-dealkylation sites (N-methyl/N-ethyl adjacent to an activating group) is 1. The van der Waals surface area contributed by atoms with Crippen LogP contribution in [-0.2, 0) is 0 Å². The Morgan fingerprint density at radius 1 is 1.38 bits per heavy atom. The second kappa shape index (κ2) is 4.66. The molecule has 2 aliphatic rings. The first-order valence-corrected chi connectivity index (χ1v) is 7.04. The molecule has 1 saturated heterocycles. The summed E-state index contributed by atoms with van der Waals surface area (Å²) in [5, 5.41) is 3.84. The molecule has 16 heavy (non-hydrogen) atoms. The van der Waals surface area contributed by atoms with Gasteiger partial charge in [-0.25, -0.2) is 0 Å². The van der Waals surface area contributed by atoms with Crippen molar-refractivity contribution >= 4 is 0 Å². The molecule has 0 aromatic carbocycles. The van der Waals surface area contributed by atoms with Crippen LogP contribution in [0.3, 0.4) is 0 Å². The van der Waals surface area contributed by atoms with Gasteiger partial charge in [0.2, 0.25) is 0 Å². The zero-order valence-corrected chi connectivity index (χ0v) is 11.4. The third-order valence-electron chi connectivity index (χ3n) is 4.42. The average Bonchev–Trinajstić information content (AvgIpc) is 3.04.